The van der Waals surface area contributed by atoms with Crippen molar-refractivity contribution in [1.29, 1.82) is 0 Å². The van der Waals surface area contributed by atoms with Gasteiger partial charge in [-0.05, 0) is 55.9 Å². The highest BCUT2D eigenvalue weighted by Gasteiger charge is 2.27. The Hall–Kier alpha value is -1.71. The van der Waals surface area contributed by atoms with Crippen LogP contribution in [0.25, 0.3) is 11.1 Å². The van der Waals surface area contributed by atoms with Crippen molar-refractivity contribution in [2.45, 2.75) is 37.6 Å². The van der Waals surface area contributed by atoms with Gasteiger partial charge in [0.1, 0.15) is 10.6 Å². The number of aryl methyl sites for hydroxylation is 1. The molecule has 0 aliphatic rings. The summed E-state index contributed by atoms with van der Waals surface area (Å²) < 4.78 is 45.6. The number of ether oxygens (including phenoxy) is 1. The fourth-order valence-corrected chi connectivity index (χ4v) is 4.81. The normalized spacial score (nSPS) is 13.4. The van der Waals surface area contributed by atoms with E-state index in [1.807, 2.05) is 26.6 Å². The number of rotatable bonds is 7. The lowest BCUT2D eigenvalue weighted by Crippen LogP contribution is -2.31. The van der Waals surface area contributed by atoms with Crippen LogP contribution in [-0.4, -0.2) is 34.9 Å². The van der Waals surface area contributed by atoms with Crippen molar-refractivity contribution in [2.75, 3.05) is 13.7 Å². The minimum absolute atomic E-state index is 0.190. The summed E-state index contributed by atoms with van der Waals surface area (Å²) in [6.45, 7) is 8.20. The Bertz CT molecular complexity index is 922. The van der Waals surface area contributed by atoms with Crippen LogP contribution in [-0.2, 0) is 14.5 Å². The van der Waals surface area contributed by atoms with E-state index in [0.29, 0.717) is 22.4 Å². The average Bonchev–Trinajstić information content (AvgIpc) is 2.57. The number of benzene rings is 2. The fraction of sp³-hybridized carbons (Fsp3) is 0.368. The predicted octanol–water partition coefficient (Wildman–Crippen LogP) is 3.77. The second-order valence-corrected chi connectivity index (χ2v) is 13.2. The lowest BCUT2D eigenvalue weighted by atomic mass is 9.96. The van der Waals surface area contributed by atoms with E-state index in [-0.39, 0.29) is 11.4 Å². The van der Waals surface area contributed by atoms with Crippen molar-refractivity contribution < 1.29 is 22.1 Å². The lowest BCUT2D eigenvalue weighted by molar-refractivity contribution is 0.205. The number of hydrogen-bond acceptors (Lipinski definition) is 5. The Morgan fingerprint density at radius 1 is 1.15 bits per heavy atom. The van der Waals surface area contributed by atoms with Gasteiger partial charge in [-0.2, -0.15) is 8.42 Å². The van der Waals surface area contributed by atoms with Crippen LogP contribution in [0.3, 0.4) is 0 Å². The Morgan fingerprint density at radius 2 is 1.78 bits per heavy atom. The SMILES string of the molecule is COc1ccccc1-c1cc(C)c(C(CN)O[Si](C)(C)C)cc1S(=O)(=O)O. The van der Waals surface area contributed by atoms with Gasteiger partial charge in [0.05, 0.1) is 13.2 Å². The minimum atomic E-state index is -4.47. The Balaban J connectivity index is 2.73. The minimum Gasteiger partial charge on any atom is -0.496 e. The largest absolute Gasteiger partial charge is 0.496 e. The molecule has 0 bridgehead atoms. The summed E-state index contributed by atoms with van der Waals surface area (Å²) in [6, 6.07) is 10.3. The molecule has 1 unspecified atom stereocenters. The summed E-state index contributed by atoms with van der Waals surface area (Å²) in [6.07, 6.45) is -0.441. The highest BCUT2D eigenvalue weighted by molar-refractivity contribution is 7.86. The van der Waals surface area contributed by atoms with Crippen molar-refractivity contribution in [3.05, 3.63) is 47.5 Å². The molecule has 6 nitrogen and oxygen atoms in total. The quantitative estimate of drug-likeness (QED) is 0.533. The van der Waals surface area contributed by atoms with Crippen molar-refractivity contribution >= 4 is 18.4 Å². The Morgan fingerprint density at radius 3 is 2.30 bits per heavy atom. The van der Waals surface area contributed by atoms with Gasteiger partial charge in [0.25, 0.3) is 10.1 Å². The van der Waals surface area contributed by atoms with Crippen LogP contribution in [0.4, 0.5) is 0 Å². The van der Waals surface area contributed by atoms with E-state index in [1.54, 1.807) is 30.3 Å². The van der Waals surface area contributed by atoms with Gasteiger partial charge < -0.3 is 14.9 Å². The van der Waals surface area contributed by atoms with Crippen molar-refractivity contribution in [1.82, 2.24) is 0 Å². The molecule has 2 aromatic rings. The summed E-state index contributed by atoms with van der Waals surface area (Å²) in [5, 5.41) is 0. The molecule has 2 rings (SSSR count). The topological polar surface area (TPSA) is 98.9 Å². The number of methoxy groups -OCH3 is 1. The molecule has 0 aromatic heterocycles. The highest BCUT2D eigenvalue weighted by atomic mass is 32.2. The first-order valence-corrected chi connectivity index (χ1v) is 13.5. The molecule has 0 fully saturated rings. The number of para-hydroxylation sites is 1. The molecule has 1 atom stereocenters. The molecule has 2 aromatic carbocycles. The molecule has 0 spiro atoms. The van der Waals surface area contributed by atoms with E-state index >= 15 is 0 Å². The monoisotopic (exact) mass is 409 g/mol. The maximum atomic E-state index is 12.1. The maximum absolute atomic E-state index is 12.1. The zero-order chi connectivity index (χ0) is 20.4. The highest BCUT2D eigenvalue weighted by Crippen LogP contribution is 2.38. The molecule has 0 aliphatic heterocycles. The zero-order valence-electron chi connectivity index (χ0n) is 16.3. The van der Waals surface area contributed by atoms with Crippen molar-refractivity contribution in [3.63, 3.8) is 0 Å². The van der Waals surface area contributed by atoms with E-state index in [1.165, 1.54) is 13.2 Å². The molecule has 148 valence electrons. The molecule has 8 heteroatoms. The molecule has 3 N–H and O–H groups in total. The maximum Gasteiger partial charge on any atom is 0.295 e. The lowest BCUT2D eigenvalue weighted by Gasteiger charge is -2.27. The summed E-state index contributed by atoms with van der Waals surface area (Å²) in [7, 11) is -4.87. The second kappa shape index (κ2) is 8.11. The third kappa shape index (κ3) is 5.17. The third-order valence-corrected chi connectivity index (χ3v) is 5.99. The number of nitrogens with two attached hydrogens (primary N) is 1. The molecule has 27 heavy (non-hydrogen) atoms. The van der Waals surface area contributed by atoms with Crippen molar-refractivity contribution in [2.24, 2.45) is 5.73 Å². The molecular weight excluding hydrogens is 382 g/mol. The molecule has 0 radical (unpaired) electrons. The van der Waals surface area contributed by atoms with Gasteiger partial charge in [0, 0.05) is 17.7 Å². The smallest absolute Gasteiger partial charge is 0.295 e. The Labute approximate surface area is 162 Å². The summed E-state index contributed by atoms with van der Waals surface area (Å²) in [5.74, 6) is 0.517. The molecule has 0 aliphatic carbocycles. The zero-order valence-corrected chi connectivity index (χ0v) is 18.1. The van der Waals surface area contributed by atoms with E-state index in [9.17, 15) is 13.0 Å². The van der Waals surface area contributed by atoms with Crippen LogP contribution in [0.1, 0.15) is 17.2 Å². The van der Waals surface area contributed by atoms with E-state index < -0.39 is 24.5 Å². The van der Waals surface area contributed by atoms with Gasteiger partial charge in [-0.3, -0.25) is 4.55 Å². The van der Waals surface area contributed by atoms with Crippen LogP contribution < -0.4 is 10.5 Å². The van der Waals surface area contributed by atoms with Crippen LogP contribution in [0.15, 0.2) is 41.3 Å². The van der Waals surface area contributed by atoms with Gasteiger partial charge >= 0.3 is 0 Å². The molecule has 0 amide bonds. The van der Waals surface area contributed by atoms with E-state index in [0.717, 1.165) is 5.56 Å². The van der Waals surface area contributed by atoms with Crippen LogP contribution in [0.5, 0.6) is 5.75 Å². The van der Waals surface area contributed by atoms with Gasteiger partial charge in [-0.1, -0.05) is 18.2 Å². The van der Waals surface area contributed by atoms with E-state index in [2.05, 4.69) is 0 Å². The first kappa shape index (κ1) is 21.6. The Kier molecular flexibility index (Phi) is 6.49. The van der Waals surface area contributed by atoms with Crippen molar-refractivity contribution in [3.8, 4) is 16.9 Å². The van der Waals surface area contributed by atoms with Gasteiger partial charge in [-0.15, -0.1) is 0 Å². The van der Waals surface area contributed by atoms with Gasteiger partial charge in [-0.25, -0.2) is 0 Å². The summed E-state index contributed by atoms with van der Waals surface area (Å²) in [5.41, 5.74) is 8.35. The van der Waals surface area contributed by atoms with Gasteiger partial charge in [0.15, 0.2) is 8.32 Å². The van der Waals surface area contributed by atoms with Crippen LogP contribution >= 0.6 is 0 Å². The predicted molar refractivity (Wildman–Crippen MR) is 109 cm³/mol. The van der Waals surface area contributed by atoms with E-state index in [4.69, 9.17) is 14.9 Å². The second-order valence-electron chi connectivity index (χ2n) is 7.33. The fourth-order valence-electron chi connectivity index (χ4n) is 3.01. The molecular formula is C19H27NO5SSi. The summed E-state index contributed by atoms with van der Waals surface area (Å²) >= 11 is 0. The first-order valence-electron chi connectivity index (χ1n) is 8.61. The number of hydrogen-bond donors (Lipinski definition) is 2. The molecule has 0 saturated carbocycles. The molecule has 0 heterocycles. The van der Waals surface area contributed by atoms with Crippen LogP contribution in [0.2, 0.25) is 19.6 Å². The summed E-state index contributed by atoms with van der Waals surface area (Å²) in [4.78, 5) is -0.190. The first-order chi connectivity index (χ1) is 12.5. The average molecular weight is 410 g/mol. The third-order valence-electron chi connectivity index (χ3n) is 4.10. The van der Waals surface area contributed by atoms with Gasteiger partial charge in [0.2, 0.25) is 0 Å². The standard InChI is InChI=1S/C19H27NO5SSi/c1-13-10-16(14-8-6-7-9-17(14)24-2)19(26(21,22)23)11-15(13)18(12-20)25-27(3,4)5/h6-11,18H,12,20H2,1-5H3,(H,21,22,23). The van der Waals surface area contributed by atoms with Crippen LogP contribution in [0, 0.1) is 6.92 Å². The molecule has 0 saturated heterocycles.